The summed E-state index contributed by atoms with van der Waals surface area (Å²) in [5.41, 5.74) is 8.36. The van der Waals surface area contributed by atoms with Crippen LogP contribution in [0.15, 0.2) is 18.5 Å². The highest BCUT2D eigenvalue weighted by molar-refractivity contribution is 5.61. The third-order valence-corrected chi connectivity index (χ3v) is 1.68. The summed E-state index contributed by atoms with van der Waals surface area (Å²) in [6.45, 7) is 4.47. The van der Waals surface area contributed by atoms with Gasteiger partial charge in [0.1, 0.15) is 0 Å². The Morgan fingerprint density at radius 3 is 2.75 bits per heavy atom. The summed E-state index contributed by atoms with van der Waals surface area (Å²) in [5, 5.41) is 0. The zero-order valence-electron chi connectivity index (χ0n) is 7.41. The first-order valence-corrected chi connectivity index (χ1v) is 3.90. The van der Waals surface area contributed by atoms with Crippen LogP contribution in [0.2, 0.25) is 0 Å². The van der Waals surface area contributed by atoms with E-state index in [4.69, 9.17) is 5.73 Å². The fraction of sp³-hybridized carbons (Fsp3) is 0.333. The lowest BCUT2D eigenvalue weighted by molar-refractivity contribution is 1.08. The average molecular weight is 163 g/mol. The Labute approximate surface area is 72.3 Å². The predicted molar refractivity (Wildman–Crippen MR) is 49.5 cm³/mol. The molecule has 0 saturated heterocycles. The first kappa shape index (κ1) is 8.87. The molecule has 0 aliphatic carbocycles. The van der Waals surface area contributed by atoms with E-state index in [0.717, 1.165) is 17.0 Å². The van der Waals surface area contributed by atoms with Crippen molar-refractivity contribution < 1.29 is 0 Å². The molecule has 1 aromatic heterocycles. The summed E-state index contributed by atoms with van der Waals surface area (Å²) in [4.78, 5) is 8.35. The van der Waals surface area contributed by atoms with Crippen molar-refractivity contribution in [2.75, 3.05) is 6.54 Å². The second-order valence-corrected chi connectivity index (χ2v) is 2.61. The molecule has 3 nitrogen and oxygen atoms in total. The standard InChI is InChI=1S/C9H13N3/c1-7(3-4-10)9-8(2)11-5-6-12-9/h3,5-6H,4,10H2,1-2H3. The van der Waals surface area contributed by atoms with Crippen LogP contribution in [0.3, 0.4) is 0 Å². The number of hydrogen-bond acceptors (Lipinski definition) is 3. The Balaban J connectivity index is 3.02. The first-order valence-electron chi connectivity index (χ1n) is 3.90. The fourth-order valence-electron chi connectivity index (χ4n) is 1.07. The summed E-state index contributed by atoms with van der Waals surface area (Å²) in [6.07, 6.45) is 5.32. The van der Waals surface area contributed by atoms with Crippen LogP contribution < -0.4 is 5.73 Å². The van der Waals surface area contributed by atoms with Gasteiger partial charge in [-0.1, -0.05) is 6.08 Å². The lowest BCUT2D eigenvalue weighted by Crippen LogP contribution is -1.98. The zero-order chi connectivity index (χ0) is 8.97. The highest BCUT2D eigenvalue weighted by Crippen LogP contribution is 2.11. The number of rotatable bonds is 2. The molecule has 0 aromatic carbocycles. The molecule has 1 heterocycles. The van der Waals surface area contributed by atoms with Gasteiger partial charge >= 0.3 is 0 Å². The van der Waals surface area contributed by atoms with E-state index in [-0.39, 0.29) is 0 Å². The average Bonchev–Trinajstić information content (AvgIpc) is 2.05. The lowest BCUT2D eigenvalue weighted by atomic mass is 10.1. The quantitative estimate of drug-likeness (QED) is 0.711. The van der Waals surface area contributed by atoms with Gasteiger partial charge in [0.05, 0.1) is 11.4 Å². The maximum Gasteiger partial charge on any atom is 0.0868 e. The van der Waals surface area contributed by atoms with Gasteiger partial charge in [0.2, 0.25) is 0 Å². The Hall–Kier alpha value is -1.22. The fourth-order valence-corrected chi connectivity index (χ4v) is 1.07. The second-order valence-electron chi connectivity index (χ2n) is 2.61. The first-order chi connectivity index (χ1) is 5.75. The van der Waals surface area contributed by atoms with Gasteiger partial charge in [-0.05, 0) is 19.4 Å². The Morgan fingerprint density at radius 2 is 2.17 bits per heavy atom. The maximum atomic E-state index is 5.39. The van der Waals surface area contributed by atoms with Gasteiger partial charge in [-0.3, -0.25) is 9.97 Å². The van der Waals surface area contributed by atoms with Gasteiger partial charge in [0.25, 0.3) is 0 Å². The van der Waals surface area contributed by atoms with E-state index in [0.29, 0.717) is 6.54 Å². The topological polar surface area (TPSA) is 51.8 Å². The zero-order valence-corrected chi connectivity index (χ0v) is 7.41. The number of aryl methyl sites for hydroxylation is 1. The molecule has 1 rings (SSSR count). The Kier molecular flexibility index (Phi) is 2.94. The van der Waals surface area contributed by atoms with Crippen molar-refractivity contribution in [2.45, 2.75) is 13.8 Å². The van der Waals surface area contributed by atoms with Crippen LogP contribution in [0, 0.1) is 6.92 Å². The molecule has 3 heteroatoms. The Bertz CT molecular complexity index is 292. The van der Waals surface area contributed by atoms with E-state index < -0.39 is 0 Å². The number of nitrogens with zero attached hydrogens (tertiary/aromatic N) is 2. The normalized spacial score (nSPS) is 11.8. The molecule has 0 bridgehead atoms. The van der Waals surface area contributed by atoms with Crippen LogP contribution in [0.25, 0.3) is 5.57 Å². The predicted octanol–water partition coefficient (Wildman–Crippen LogP) is 1.15. The van der Waals surface area contributed by atoms with Crippen molar-refractivity contribution in [1.82, 2.24) is 9.97 Å². The maximum absolute atomic E-state index is 5.39. The molecule has 0 atom stereocenters. The lowest BCUT2D eigenvalue weighted by Gasteiger charge is -2.02. The number of allylic oxidation sites excluding steroid dienone is 1. The van der Waals surface area contributed by atoms with Crippen molar-refractivity contribution in [1.29, 1.82) is 0 Å². The van der Waals surface area contributed by atoms with E-state index in [9.17, 15) is 0 Å². The molecule has 1 aromatic rings. The van der Waals surface area contributed by atoms with Gasteiger partial charge in [-0.25, -0.2) is 0 Å². The van der Waals surface area contributed by atoms with Crippen molar-refractivity contribution in [3.63, 3.8) is 0 Å². The molecule has 0 unspecified atom stereocenters. The van der Waals surface area contributed by atoms with E-state index in [1.807, 2.05) is 19.9 Å². The molecule has 0 fully saturated rings. The third kappa shape index (κ3) is 1.89. The minimum Gasteiger partial charge on any atom is -0.327 e. The summed E-state index contributed by atoms with van der Waals surface area (Å²) in [7, 11) is 0. The van der Waals surface area contributed by atoms with Crippen LogP contribution in [0.4, 0.5) is 0 Å². The summed E-state index contributed by atoms with van der Waals surface area (Å²) < 4.78 is 0. The van der Waals surface area contributed by atoms with Crippen LogP contribution in [-0.2, 0) is 0 Å². The number of hydrogen-bond donors (Lipinski definition) is 1. The van der Waals surface area contributed by atoms with Crippen molar-refractivity contribution >= 4 is 5.57 Å². The van der Waals surface area contributed by atoms with Crippen molar-refractivity contribution in [2.24, 2.45) is 5.73 Å². The molecule has 0 aliphatic heterocycles. The van der Waals surface area contributed by atoms with Gasteiger partial charge in [0.15, 0.2) is 0 Å². The summed E-state index contributed by atoms with van der Waals surface area (Å²) in [6, 6.07) is 0. The molecule has 0 amide bonds. The Morgan fingerprint density at radius 1 is 1.50 bits per heavy atom. The molecule has 0 spiro atoms. The van der Waals surface area contributed by atoms with Crippen molar-refractivity contribution in [3.05, 3.63) is 29.9 Å². The molecule has 0 aliphatic rings. The number of aromatic nitrogens is 2. The molecular formula is C9H13N3. The molecule has 0 radical (unpaired) electrons. The number of nitrogens with two attached hydrogens (primary N) is 1. The highest BCUT2D eigenvalue weighted by atomic mass is 14.8. The van der Waals surface area contributed by atoms with E-state index >= 15 is 0 Å². The minimum atomic E-state index is 0.543. The van der Waals surface area contributed by atoms with Crippen LogP contribution >= 0.6 is 0 Å². The minimum absolute atomic E-state index is 0.543. The van der Waals surface area contributed by atoms with Gasteiger partial charge in [0, 0.05) is 18.9 Å². The molecule has 2 N–H and O–H groups in total. The van der Waals surface area contributed by atoms with Crippen molar-refractivity contribution in [3.8, 4) is 0 Å². The van der Waals surface area contributed by atoms with Crippen LogP contribution in [0.1, 0.15) is 18.3 Å². The summed E-state index contributed by atoms with van der Waals surface area (Å²) >= 11 is 0. The van der Waals surface area contributed by atoms with E-state index in [1.165, 1.54) is 0 Å². The monoisotopic (exact) mass is 163 g/mol. The SMILES string of the molecule is CC(=CCN)c1nccnc1C. The molecule has 64 valence electrons. The largest absolute Gasteiger partial charge is 0.327 e. The van der Waals surface area contributed by atoms with Crippen LogP contribution in [0.5, 0.6) is 0 Å². The van der Waals surface area contributed by atoms with E-state index in [2.05, 4.69) is 9.97 Å². The van der Waals surface area contributed by atoms with Gasteiger partial charge < -0.3 is 5.73 Å². The molecule has 12 heavy (non-hydrogen) atoms. The van der Waals surface area contributed by atoms with Gasteiger partial charge in [-0.2, -0.15) is 0 Å². The highest BCUT2D eigenvalue weighted by Gasteiger charge is 2.00. The van der Waals surface area contributed by atoms with E-state index in [1.54, 1.807) is 12.4 Å². The molecular weight excluding hydrogens is 150 g/mol. The molecule has 0 saturated carbocycles. The van der Waals surface area contributed by atoms with Gasteiger partial charge in [-0.15, -0.1) is 0 Å². The third-order valence-electron chi connectivity index (χ3n) is 1.68. The second kappa shape index (κ2) is 3.97. The summed E-state index contributed by atoms with van der Waals surface area (Å²) in [5.74, 6) is 0. The smallest absolute Gasteiger partial charge is 0.0868 e. The van der Waals surface area contributed by atoms with Crippen LogP contribution in [-0.4, -0.2) is 16.5 Å².